The molecular formula is C17H28N2O2. The van der Waals surface area contributed by atoms with Crippen LogP contribution in [0.3, 0.4) is 0 Å². The van der Waals surface area contributed by atoms with Crippen LogP contribution in [0.5, 0.6) is 5.75 Å². The summed E-state index contributed by atoms with van der Waals surface area (Å²) in [5.41, 5.74) is 6.64. The maximum Gasteiger partial charge on any atom is 0.220 e. The Kier molecular flexibility index (Phi) is 8.51. The lowest BCUT2D eigenvalue weighted by atomic mass is 10.1. The first-order chi connectivity index (χ1) is 10.1. The highest BCUT2D eigenvalue weighted by Gasteiger charge is 2.07. The molecule has 1 aromatic rings. The van der Waals surface area contributed by atoms with Crippen molar-refractivity contribution in [1.29, 1.82) is 0 Å². The van der Waals surface area contributed by atoms with E-state index in [1.807, 2.05) is 38.1 Å². The first-order valence-electron chi connectivity index (χ1n) is 7.82. The number of carbonyl (C=O) groups excluding carboxylic acids is 1. The maximum atomic E-state index is 11.7. The molecule has 0 bridgehead atoms. The molecule has 118 valence electrons. The standard InChI is InChI=1S/C17H28N2O2/c1-14-8-10-16(11-9-14)21-15(2)13-19-17(20)7-5-3-4-6-12-18/h8-11,15H,3-7,12-13,18H2,1-2H3,(H,19,20). The zero-order valence-electron chi connectivity index (χ0n) is 13.2. The second kappa shape index (κ2) is 10.2. The summed E-state index contributed by atoms with van der Waals surface area (Å²) in [6.45, 7) is 5.28. The fourth-order valence-electron chi connectivity index (χ4n) is 2.02. The number of nitrogens with two attached hydrogens (primary N) is 1. The summed E-state index contributed by atoms with van der Waals surface area (Å²) in [6.07, 6.45) is 4.70. The first kappa shape index (κ1) is 17.5. The molecule has 21 heavy (non-hydrogen) atoms. The van der Waals surface area contributed by atoms with Gasteiger partial charge in [-0.3, -0.25) is 4.79 Å². The number of hydrogen-bond donors (Lipinski definition) is 2. The Balaban J connectivity index is 2.13. The molecule has 1 rings (SSSR count). The van der Waals surface area contributed by atoms with Gasteiger partial charge >= 0.3 is 0 Å². The van der Waals surface area contributed by atoms with Crippen LogP contribution in [0.25, 0.3) is 0 Å². The third kappa shape index (κ3) is 8.35. The number of amides is 1. The van der Waals surface area contributed by atoms with E-state index in [1.165, 1.54) is 5.56 Å². The van der Waals surface area contributed by atoms with Gasteiger partial charge in [0.2, 0.25) is 5.91 Å². The minimum atomic E-state index is -0.0334. The molecule has 0 aromatic heterocycles. The van der Waals surface area contributed by atoms with E-state index in [0.29, 0.717) is 13.0 Å². The van der Waals surface area contributed by atoms with Gasteiger partial charge in [-0.15, -0.1) is 0 Å². The molecule has 0 aliphatic carbocycles. The summed E-state index contributed by atoms with van der Waals surface area (Å²) in [5, 5.41) is 2.92. The fraction of sp³-hybridized carbons (Fsp3) is 0.588. The van der Waals surface area contributed by atoms with E-state index in [1.54, 1.807) is 0 Å². The van der Waals surface area contributed by atoms with Crippen LogP contribution in [-0.2, 0) is 4.79 Å². The molecule has 1 atom stereocenters. The number of aryl methyl sites for hydroxylation is 1. The summed E-state index contributed by atoms with van der Waals surface area (Å²) in [6, 6.07) is 7.93. The molecule has 0 fully saturated rings. The van der Waals surface area contributed by atoms with Crippen molar-refractivity contribution >= 4 is 5.91 Å². The molecular weight excluding hydrogens is 264 g/mol. The van der Waals surface area contributed by atoms with Crippen molar-refractivity contribution in [3.63, 3.8) is 0 Å². The average molecular weight is 292 g/mol. The molecule has 0 saturated carbocycles. The van der Waals surface area contributed by atoms with E-state index in [4.69, 9.17) is 10.5 Å². The van der Waals surface area contributed by atoms with Gasteiger partial charge < -0.3 is 15.8 Å². The Bertz CT molecular complexity index is 404. The molecule has 4 heteroatoms. The number of rotatable bonds is 10. The van der Waals surface area contributed by atoms with Crippen LogP contribution < -0.4 is 15.8 Å². The summed E-state index contributed by atoms with van der Waals surface area (Å²) >= 11 is 0. The molecule has 1 aromatic carbocycles. The van der Waals surface area contributed by atoms with E-state index < -0.39 is 0 Å². The predicted molar refractivity (Wildman–Crippen MR) is 86.4 cm³/mol. The predicted octanol–water partition coefficient (Wildman–Crippen LogP) is 2.79. The van der Waals surface area contributed by atoms with Gasteiger partial charge in [-0.25, -0.2) is 0 Å². The van der Waals surface area contributed by atoms with Gasteiger partial charge in [0, 0.05) is 6.42 Å². The molecule has 1 amide bonds. The van der Waals surface area contributed by atoms with Gasteiger partial charge in [0.05, 0.1) is 6.54 Å². The van der Waals surface area contributed by atoms with Crippen LogP contribution in [0.1, 0.15) is 44.6 Å². The SMILES string of the molecule is Cc1ccc(OC(C)CNC(=O)CCCCCCN)cc1. The number of hydrogen-bond acceptors (Lipinski definition) is 3. The van der Waals surface area contributed by atoms with Crippen LogP contribution in [0.4, 0.5) is 0 Å². The monoisotopic (exact) mass is 292 g/mol. The van der Waals surface area contributed by atoms with Crippen LogP contribution in [0.15, 0.2) is 24.3 Å². The second-order valence-electron chi connectivity index (χ2n) is 5.50. The van der Waals surface area contributed by atoms with Crippen molar-refractivity contribution in [2.45, 2.75) is 52.1 Å². The van der Waals surface area contributed by atoms with E-state index >= 15 is 0 Å². The second-order valence-corrected chi connectivity index (χ2v) is 5.50. The molecule has 4 nitrogen and oxygen atoms in total. The topological polar surface area (TPSA) is 64.3 Å². The van der Waals surface area contributed by atoms with Crippen molar-refractivity contribution in [1.82, 2.24) is 5.32 Å². The fourth-order valence-corrected chi connectivity index (χ4v) is 2.02. The van der Waals surface area contributed by atoms with Gasteiger partial charge in [0.15, 0.2) is 0 Å². The molecule has 0 saturated heterocycles. The summed E-state index contributed by atoms with van der Waals surface area (Å²) in [7, 11) is 0. The number of benzene rings is 1. The van der Waals surface area contributed by atoms with Crippen molar-refractivity contribution in [3.05, 3.63) is 29.8 Å². The molecule has 1 unspecified atom stereocenters. The summed E-state index contributed by atoms with van der Waals surface area (Å²) in [4.78, 5) is 11.7. The highest BCUT2D eigenvalue weighted by atomic mass is 16.5. The van der Waals surface area contributed by atoms with E-state index in [0.717, 1.165) is 38.0 Å². The van der Waals surface area contributed by atoms with Gasteiger partial charge in [-0.2, -0.15) is 0 Å². The Hall–Kier alpha value is -1.55. The van der Waals surface area contributed by atoms with Gasteiger partial charge in [-0.05, 0) is 45.4 Å². The summed E-state index contributed by atoms with van der Waals surface area (Å²) < 4.78 is 5.75. The van der Waals surface area contributed by atoms with Crippen molar-refractivity contribution in [2.24, 2.45) is 5.73 Å². The highest BCUT2D eigenvalue weighted by Crippen LogP contribution is 2.13. The van der Waals surface area contributed by atoms with Crippen LogP contribution in [0.2, 0.25) is 0 Å². The zero-order chi connectivity index (χ0) is 15.5. The highest BCUT2D eigenvalue weighted by molar-refractivity contribution is 5.75. The van der Waals surface area contributed by atoms with Crippen LogP contribution >= 0.6 is 0 Å². The van der Waals surface area contributed by atoms with Crippen LogP contribution in [0, 0.1) is 6.92 Å². The smallest absolute Gasteiger partial charge is 0.220 e. The number of unbranched alkanes of at least 4 members (excludes halogenated alkanes) is 3. The Morgan fingerprint density at radius 3 is 2.52 bits per heavy atom. The minimum Gasteiger partial charge on any atom is -0.489 e. The molecule has 0 radical (unpaired) electrons. The normalized spacial score (nSPS) is 12.0. The van der Waals surface area contributed by atoms with Crippen molar-refractivity contribution in [2.75, 3.05) is 13.1 Å². The van der Waals surface area contributed by atoms with Crippen molar-refractivity contribution < 1.29 is 9.53 Å². The minimum absolute atomic E-state index is 0.0334. The van der Waals surface area contributed by atoms with Crippen molar-refractivity contribution in [3.8, 4) is 5.75 Å². The number of nitrogens with one attached hydrogen (secondary N) is 1. The average Bonchev–Trinajstić information content (AvgIpc) is 2.47. The molecule has 3 N–H and O–H groups in total. The maximum absolute atomic E-state index is 11.7. The van der Waals surface area contributed by atoms with Gasteiger partial charge in [0.1, 0.15) is 11.9 Å². The molecule has 0 aliphatic rings. The Morgan fingerprint density at radius 1 is 1.19 bits per heavy atom. The number of carbonyl (C=O) groups is 1. The first-order valence-corrected chi connectivity index (χ1v) is 7.82. The Morgan fingerprint density at radius 2 is 1.86 bits per heavy atom. The van der Waals surface area contributed by atoms with Gasteiger partial charge in [-0.1, -0.05) is 30.5 Å². The lowest BCUT2D eigenvalue weighted by molar-refractivity contribution is -0.121. The molecule has 0 aliphatic heterocycles. The van der Waals surface area contributed by atoms with Crippen LogP contribution in [-0.4, -0.2) is 25.1 Å². The summed E-state index contributed by atoms with van der Waals surface area (Å²) in [5.74, 6) is 0.936. The lowest BCUT2D eigenvalue weighted by Gasteiger charge is -2.15. The lowest BCUT2D eigenvalue weighted by Crippen LogP contribution is -2.33. The van der Waals surface area contributed by atoms with E-state index in [9.17, 15) is 4.79 Å². The Labute approximate surface area is 128 Å². The number of ether oxygens (including phenoxy) is 1. The third-order valence-corrected chi connectivity index (χ3v) is 3.30. The third-order valence-electron chi connectivity index (χ3n) is 3.30. The molecule has 0 heterocycles. The molecule has 0 spiro atoms. The largest absolute Gasteiger partial charge is 0.489 e. The van der Waals surface area contributed by atoms with Gasteiger partial charge in [0.25, 0.3) is 0 Å². The quantitative estimate of drug-likeness (QED) is 0.652. The van der Waals surface area contributed by atoms with E-state index in [-0.39, 0.29) is 12.0 Å². The van der Waals surface area contributed by atoms with E-state index in [2.05, 4.69) is 5.32 Å². The zero-order valence-corrected chi connectivity index (χ0v) is 13.2.